The molecule has 1 aliphatic rings. The second kappa shape index (κ2) is 13.5. The van der Waals surface area contributed by atoms with Gasteiger partial charge in [0.15, 0.2) is 11.4 Å². The van der Waals surface area contributed by atoms with Crippen molar-refractivity contribution in [3.8, 4) is 28.7 Å². The third kappa shape index (κ3) is 8.15. The molecule has 5 rings (SSSR count). The van der Waals surface area contributed by atoms with Crippen molar-refractivity contribution in [3.05, 3.63) is 96.7 Å². The molecule has 48 heavy (non-hydrogen) atoms. The predicted molar refractivity (Wildman–Crippen MR) is 171 cm³/mol. The van der Waals surface area contributed by atoms with E-state index in [0.29, 0.717) is 28.8 Å². The third-order valence-corrected chi connectivity index (χ3v) is 10.2. The monoisotopic (exact) mass is 746 g/mol. The Morgan fingerprint density at radius 2 is 1.62 bits per heavy atom. The lowest BCUT2D eigenvalue weighted by Crippen LogP contribution is -2.41. The number of nitrogens with zero attached hydrogens (tertiary/aromatic N) is 2. The first kappa shape index (κ1) is 35.3. The molecule has 1 fully saturated rings. The van der Waals surface area contributed by atoms with Gasteiger partial charge in [-0.15, -0.1) is 0 Å². The van der Waals surface area contributed by atoms with E-state index in [0.717, 1.165) is 24.5 Å². The summed E-state index contributed by atoms with van der Waals surface area (Å²) in [7, 11) is -6.43. The number of alkyl halides is 2. The Kier molecular flexibility index (Phi) is 9.90. The summed E-state index contributed by atoms with van der Waals surface area (Å²) in [6.07, 6.45) is -1.65. The SMILES string of the molecule is COc1ccc(COc2ccc(Oc3c(Cl)cc(-n4nc(C(F)F)c(=O)[nH]c4=O)cc3Cl)cc2S(=O)(=O)NC2(CS(C)(=O)=O)CC2)cc1. The van der Waals surface area contributed by atoms with Crippen molar-refractivity contribution in [1.29, 1.82) is 0 Å². The smallest absolute Gasteiger partial charge is 0.349 e. The molecule has 0 atom stereocenters. The van der Waals surface area contributed by atoms with Gasteiger partial charge < -0.3 is 14.2 Å². The minimum atomic E-state index is -4.41. The maximum Gasteiger partial charge on any atom is 0.349 e. The molecule has 1 saturated carbocycles. The molecule has 0 saturated heterocycles. The van der Waals surface area contributed by atoms with Crippen molar-refractivity contribution in [3.63, 3.8) is 0 Å². The number of sulfone groups is 1. The fourth-order valence-electron chi connectivity index (χ4n) is 4.65. The zero-order chi connectivity index (χ0) is 35.0. The lowest BCUT2D eigenvalue weighted by atomic mass is 10.2. The van der Waals surface area contributed by atoms with Crippen LogP contribution in [-0.4, -0.2) is 56.3 Å². The zero-order valence-electron chi connectivity index (χ0n) is 25.0. The van der Waals surface area contributed by atoms with E-state index >= 15 is 0 Å². The predicted octanol–water partition coefficient (Wildman–Crippen LogP) is 4.40. The Labute approximate surface area is 282 Å². The number of aromatic nitrogens is 3. The van der Waals surface area contributed by atoms with Crippen LogP contribution in [0.3, 0.4) is 0 Å². The molecular formula is C29H26Cl2F2N4O9S2. The summed E-state index contributed by atoms with van der Waals surface area (Å²) in [6, 6.07) is 12.9. The van der Waals surface area contributed by atoms with E-state index in [1.165, 1.54) is 19.2 Å². The molecule has 4 aromatic rings. The fourth-order valence-corrected chi connectivity index (χ4v) is 8.28. The summed E-state index contributed by atoms with van der Waals surface area (Å²) in [5, 5.41) is 2.95. The lowest BCUT2D eigenvalue weighted by Gasteiger charge is -2.19. The van der Waals surface area contributed by atoms with Gasteiger partial charge in [0.25, 0.3) is 12.0 Å². The highest BCUT2D eigenvalue weighted by Gasteiger charge is 2.49. The number of methoxy groups -OCH3 is 1. The van der Waals surface area contributed by atoms with Crippen LogP contribution in [-0.2, 0) is 26.5 Å². The largest absolute Gasteiger partial charge is 0.497 e. The van der Waals surface area contributed by atoms with Crippen LogP contribution in [0.4, 0.5) is 8.78 Å². The van der Waals surface area contributed by atoms with E-state index in [1.54, 1.807) is 29.2 Å². The van der Waals surface area contributed by atoms with Crippen molar-refractivity contribution < 1.29 is 39.8 Å². The standard InChI is InChI=1S/C29H26Cl2F2N4O9S2/c1-44-18-5-3-16(4-6-18)14-45-22-8-7-19(13-23(22)48(42,43)36-29(9-10-29)15-47(2,40)41)46-25-20(30)11-17(12-21(25)31)37-28(39)34-27(38)24(35-37)26(32)33/h3-8,11-13,26,36H,9-10,14-15H2,1-2H3,(H,34,38,39). The maximum atomic E-state index is 13.7. The average Bonchev–Trinajstić information content (AvgIpc) is 3.74. The number of H-pyrrole nitrogens is 1. The first-order valence-corrected chi connectivity index (χ1v) is 18.1. The molecule has 19 heteroatoms. The van der Waals surface area contributed by atoms with Gasteiger partial charge in [-0.05, 0) is 54.8 Å². The Morgan fingerprint density at radius 3 is 2.19 bits per heavy atom. The van der Waals surface area contributed by atoms with Crippen molar-refractivity contribution in [2.24, 2.45) is 0 Å². The number of nitrogens with one attached hydrogen (secondary N) is 2. The molecule has 256 valence electrons. The summed E-state index contributed by atoms with van der Waals surface area (Å²) < 4.78 is 97.8. The fraction of sp³-hybridized carbons (Fsp3) is 0.276. The molecular weight excluding hydrogens is 721 g/mol. The van der Waals surface area contributed by atoms with Crippen LogP contribution in [0.25, 0.3) is 5.69 Å². The number of hydrogen-bond acceptors (Lipinski definition) is 10. The first-order chi connectivity index (χ1) is 22.5. The van der Waals surface area contributed by atoms with Crippen LogP contribution in [0.1, 0.15) is 30.5 Å². The lowest BCUT2D eigenvalue weighted by molar-refractivity contribution is 0.141. The Bertz CT molecular complexity index is 2190. The Balaban J connectivity index is 1.49. The van der Waals surface area contributed by atoms with Crippen molar-refractivity contribution >= 4 is 43.1 Å². The highest BCUT2D eigenvalue weighted by atomic mass is 35.5. The quantitative estimate of drug-likeness (QED) is 0.200. The molecule has 0 unspecified atom stereocenters. The normalized spacial score (nSPS) is 14.1. The van der Waals surface area contributed by atoms with Gasteiger partial charge in [0, 0.05) is 17.9 Å². The topological polar surface area (TPSA) is 176 Å². The molecule has 1 aliphatic carbocycles. The Hall–Kier alpha value is -4.03. The van der Waals surface area contributed by atoms with E-state index in [-0.39, 0.29) is 44.5 Å². The molecule has 0 aliphatic heterocycles. The highest BCUT2D eigenvalue weighted by molar-refractivity contribution is 7.91. The van der Waals surface area contributed by atoms with E-state index in [9.17, 15) is 35.2 Å². The van der Waals surface area contributed by atoms with Crippen molar-refractivity contribution in [1.82, 2.24) is 19.5 Å². The van der Waals surface area contributed by atoms with Crippen molar-refractivity contribution in [2.45, 2.75) is 36.3 Å². The van der Waals surface area contributed by atoms with Gasteiger partial charge in [0.1, 0.15) is 38.6 Å². The van der Waals surface area contributed by atoms with Gasteiger partial charge in [-0.2, -0.15) is 9.78 Å². The summed E-state index contributed by atoms with van der Waals surface area (Å²) in [6.45, 7) is -0.0360. The van der Waals surface area contributed by atoms with Crippen LogP contribution in [0, 0.1) is 0 Å². The van der Waals surface area contributed by atoms with Gasteiger partial charge in [-0.25, -0.2) is 35.1 Å². The minimum Gasteiger partial charge on any atom is -0.497 e. The van der Waals surface area contributed by atoms with E-state index in [2.05, 4.69) is 9.82 Å². The van der Waals surface area contributed by atoms with Gasteiger partial charge in [0.2, 0.25) is 10.0 Å². The van der Waals surface area contributed by atoms with E-state index < -0.39 is 54.5 Å². The van der Waals surface area contributed by atoms with Crippen LogP contribution < -0.4 is 30.2 Å². The molecule has 3 aromatic carbocycles. The van der Waals surface area contributed by atoms with Crippen molar-refractivity contribution in [2.75, 3.05) is 19.1 Å². The molecule has 2 N–H and O–H groups in total. The summed E-state index contributed by atoms with van der Waals surface area (Å²) >= 11 is 12.8. The van der Waals surface area contributed by atoms with E-state index in [1.807, 2.05) is 0 Å². The van der Waals surface area contributed by atoms with Gasteiger partial charge in [0.05, 0.1) is 28.6 Å². The number of benzene rings is 3. The molecule has 0 amide bonds. The van der Waals surface area contributed by atoms with E-state index in [4.69, 9.17) is 37.4 Å². The van der Waals surface area contributed by atoms with Crippen LogP contribution >= 0.6 is 23.2 Å². The van der Waals surface area contributed by atoms with Crippen LogP contribution in [0.5, 0.6) is 23.0 Å². The molecule has 0 radical (unpaired) electrons. The van der Waals surface area contributed by atoms with Crippen LogP contribution in [0.2, 0.25) is 10.0 Å². The second-order valence-corrected chi connectivity index (χ2v) is 15.5. The Morgan fingerprint density at radius 1 is 1.00 bits per heavy atom. The molecule has 13 nitrogen and oxygen atoms in total. The zero-order valence-corrected chi connectivity index (χ0v) is 28.1. The van der Waals surface area contributed by atoms with Gasteiger partial charge in [-0.3, -0.25) is 9.78 Å². The number of sulfonamides is 1. The number of rotatable bonds is 13. The summed E-state index contributed by atoms with van der Waals surface area (Å²) in [5.74, 6) is -0.157. The molecule has 1 aromatic heterocycles. The third-order valence-electron chi connectivity index (χ3n) is 7.01. The highest BCUT2D eigenvalue weighted by Crippen LogP contribution is 2.42. The number of ether oxygens (including phenoxy) is 3. The summed E-state index contributed by atoms with van der Waals surface area (Å²) in [5.41, 5.74) is -4.37. The molecule has 0 spiro atoms. The molecule has 0 bridgehead atoms. The average molecular weight is 748 g/mol. The van der Waals surface area contributed by atoms with Crippen LogP contribution in [0.15, 0.2) is 69.1 Å². The number of halogens is 4. The number of aromatic amines is 1. The number of hydrogen-bond donors (Lipinski definition) is 2. The van der Waals surface area contributed by atoms with Gasteiger partial charge in [-0.1, -0.05) is 35.3 Å². The van der Waals surface area contributed by atoms with Gasteiger partial charge >= 0.3 is 5.69 Å². The second-order valence-electron chi connectivity index (χ2n) is 10.9. The first-order valence-electron chi connectivity index (χ1n) is 13.8. The minimum absolute atomic E-state index is 0.0360. The molecule has 1 heterocycles. The summed E-state index contributed by atoms with van der Waals surface area (Å²) in [4.78, 5) is 25.4. The maximum absolute atomic E-state index is 13.7.